The second-order valence-electron chi connectivity index (χ2n) is 7.18. The topological polar surface area (TPSA) is 46.4 Å². The van der Waals surface area contributed by atoms with Crippen LogP contribution in [0, 0.1) is 11.2 Å². The van der Waals surface area contributed by atoms with E-state index in [9.17, 15) is 9.18 Å². The number of carbonyl (C=O) groups excluding carboxylic acids is 1. The molecule has 0 unspecified atom stereocenters. The van der Waals surface area contributed by atoms with Crippen LogP contribution in [0.1, 0.15) is 27.2 Å². The lowest BCUT2D eigenvalue weighted by Gasteiger charge is -2.17. The Labute approximate surface area is 150 Å². The maximum atomic E-state index is 13.7. The van der Waals surface area contributed by atoms with Crippen LogP contribution in [0.2, 0.25) is 5.02 Å². The molecule has 0 saturated carbocycles. The van der Waals surface area contributed by atoms with Gasteiger partial charge in [0.2, 0.25) is 5.91 Å². The number of anilines is 1. The van der Waals surface area contributed by atoms with Crippen LogP contribution in [0.25, 0.3) is 16.9 Å². The number of carbonyl (C=O) groups is 1. The summed E-state index contributed by atoms with van der Waals surface area (Å²) >= 11 is 5.96. The zero-order valence-corrected chi connectivity index (χ0v) is 15.1. The zero-order valence-electron chi connectivity index (χ0n) is 14.3. The molecule has 2 heterocycles. The summed E-state index contributed by atoms with van der Waals surface area (Å²) in [6.45, 7) is 5.98. The Balaban J connectivity index is 2.09. The van der Waals surface area contributed by atoms with E-state index < -0.39 is 0 Å². The molecular formula is C19H19ClFN3O. The number of fused-ring (bicyclic) bond motifs is 1. The monoisotopic (exact) mass is 359 g/mol. The fourth-order valence-electron chi connectivity index (χ4n) is 2.65. The molecule has 0 aliphatic rings. The quantitative estimate of drug-likeness (QED) is 0.701. The number of rotatable bonds is 3. The van der Waals surface area contributed by atoms with Crippen LogP contribution in [-0.2, 0) is 4.79 Å². The van der Waals surface area contributed by atoms with E-state index in [4.69, 9.17) is 11.6 Å². The van der Waals surface area contributed by atoms with Crippen molar-refractivity contribution in [2.75, 3.05) is 5.32 Å². The van der Waals surface area contributed by atoms with Gasteiger partial charge in [-0.05, 0) is 29.7 Å². The van der Waals surface area contributed by atoms with Crippen LogP contribution in [0.5, 0.6) is 0 Å². The van der Waals surface area contributed by atoms with Gasteiger partial charge in [0.15, 0.2) is 5.82 Å². The summed E-state index contributed by atoms with van der Waals surface area (Å²) in [5, 5.41) is 3.46. The lowest BCUT2D eigenvalue weighted by Crippen LogP contribution is -2.20. The molecule has 0 aliphatic carbocycles. The van der Waals surface area contributed by atoms with E-state index in [0.717, 1.165) is 5.56 Å². The van der Waals surface area contributed by atoms with Gasteiger partial charge in [0.25, 0.3) is 0 Å². The molecule has 0 fully saturated rings. The van der Waals surface area contributed by atoms with Gasteiger partial charge in [0, 0.05) is 23.2 Å². The number of nitrogens with zero attached hydrogens (tertiary/aromatic N) is 2. The van der Waals surface area contributed by atoms with E-state index >= 15 is 0 Å². The van der Waals surface area contributed by atoms with Crippen LogP contribution in [0.3, 0.4) is 0 Å². The number of amides is 1. The third kappa shape index (κ3) is 3.99. The number of nitrogens with one attached hydrogen (secondary N) is 1. The third-order valence-electron chi connectivity index (χ3n) is 3.65. The van der Waals surface area contributed by atoms with Gasteiger partial charge in [-0.1, -0.05) is 44.5 Å². The molecule has 130 valence electrons. The zero-order chi connectivity index (χ0) is 18.2. The molecule has 4 nitrogen and oxygen atoms in total. The Morgan fingerprint density at radius 3 is 2.52 bits per heavy atom. The summed E-state index contributed by atoms with van der Waals surface area (Å²) < 4.78 is 15.4. The lowest BCUT2D eigenvalue weighted by atomic mass is 9.92. The fourth-order valence-corrected chi connectivity index (χ4v) is 2.77. The van der Waals surface area contributed by atoms with Gasteiger partial charge >= 0.3 is 0 Å². The first kappa shape index (κ1) is 17.4. The molecule has 1 amide bonds. The van der Waals surface area contributed by atoms with E-state index in [-0.39, 0.29) is 17.1 Å². The molecular weight excluding hydrogens is 341 g/mol. The van der Waals surface area contributed by atoms with E-state index in [0.29, 0.717) is 28.6 Å². The summed E-state index contributed by atoms with van der Waals surface area (Å²) in [5.41, 5.74) is 1.81. The minimum absolute atomic E-state index is 0.133. The van der Waals surface area contributed by atoms with Crippen molar-refractivity contribution in [2.24, 2.45) is 5.41 Å². The number of pyridine rings is 1. The molecule has 6 heteroatoms. The van der Waals surface area contributed by atoms with Gasteiger partial charge in [0.1, 0.15) is 11.5 Å². The highest BCUT2D eigenvalue weighted by atomic mass is 35.5. The van der Waals surface area contributed by atoms with Crippen molar-refractivity contribution in [2.45, 2.75) is 27.2 Å². The molecule has 0 atom stereocenters. The van der Waals surface area contributed by atoms with Gasteiger partial charge in [-0.15, -0.1) is 0 Å². The number of hydrogen-bond donors (Lipinski definition) is 1. The van der Waals surface area contributed by atoms with Gasteiger partial charge in [0.05, 0.1) is 5.69 Å². The normalized spacial score (nSPS) is 11.7. The largest absolute Gasteiger partial charge is 0.309 e. The molecule has 0 saturated heterocycles. The van der Waals surface area contributed by atoms with Crippen molar-refractivity contribution < 1.29 is 9.18 Å². The van der Waals surface area contributed by atoms with Crippen molar-refractivity contribution in [3.63, 3.8) is 0 Å². The summed E-state index contributed by atoms with van der Waals surface area (Å²) in [4.78, 5) is 16.8. The van der Waals surface area contributed by atoms with Crippen molar-refractivity contribution in [3.8, 4) is 11.3 Å². The number of aromatic nitrogens is 2. The molecule has 1 aromatic carbocycles. The van der Waals surface area contributed by atoms with E-state index in [1.165, 1.54) is 12.3 Å². The predicted octanol–water partition coefficient (Wildman–Crippen LogP) is 5.17. The van der Waals surface area contributed by atoms with Crippen molar-refractivity contribution >= 4 is 29.0 Å². The average molecular weight is 360 g/mol. The summed E-state index contributed by atoms with van der Waals surface area (Å²) in [5.74, 6) is -0.110. The molecule has 0 spiro atoms. The van der Waals surface area contributed by atoms with Crippen LogP contribution >= 0.6 is 11.6 Å². The smallest absolute Gasteiger partial charge is 0.226 e. The second-order valence-corrected chi connectivity index (χ2v) is 7.61. The van der Waals surface area contributed by atoms with Crippen LogP contribution < -0.4 is 5.32 Å². The summed E-state index contributed by atoms with van der Waals surface area (Å²) in [7, 11) is 0. The SMILES string of the molecule is CC(C)(C)CC(=O)Nc1nc2ccc(F)cn2c1-c1ccc(Cl)cc1. The molecule has 0 radical (unpaired) electrons. The molecule has 25 heavy (non-hydrogen) atoms. The molecule has 0 aliphatic heterocycles. The van der Waals surface area contributed by atoms with Crippen molar-refractivity contribution in [1.82, 2.24) is 9.38 Å². The predicted molar refractivity (Wildman–Crippen MR) is 98.3 cm³/mol. The minimum atomic E-state index is -0.382. The summed E-state index contributed by atoms with van der Waals surface area (Å²) in [6.07, 6.45) is 1.71. The Morgan fingerprint density at radius 2 is 1.88 bits per heavy atom. The van der Waals surface area contributed by atoms with Gasteiger partial charge in [-0.3, -0.25) is 9.20 Å². The Bertz CT molecular complexity index is 926. The second kappa shape index (κ2) is 6.48. The first-order chi connectivity index (χ1) is 11.7. The van der Waals surface area contributed by atoms with Crippen LogP contribution in [-0.4, -0.2) is 15.3 Å². The Kier molecular flexibility index (Phi) is 4.52. The maximum Gasteiger partial charge on any atom is 0.226 e. The molecule has 1 N–H and O–H groups in total. The Hall–Kier alpha value is -2.40. The van der Waals surface area contributed by atoms with Crippen LogP contribution in [0.15, 0.2) is 42.6 Å². The first-order valence-corrected chi connectivity index (χ1v) is 8.34. The third-order valence-corrected chi connectivity index (χ3v) is 3.90. The summed E-state index contributed by atoms with van der Waals surface area (Å²) in [6, 6.07) is 10.0. The number of halogens is 2. The van der Waals surface area contributed by atoms with Crippen molar-refractivity contribution in [3.05, 3.63) is 53.4 Å². The fraction of sp³-hybridized carbons (Fsp3) is 0.263. The molecule has 3 rings (SSSR count). The standard InChI is InChI=1S/C19H19ClFN3O/c1-19(2,3)10-16(25)23-18-17(12-4-6-13(20)7-5-12)24-11-14(21)8-9-15(24)22-18/h4-9,11H,10H2,1-3H3,(H,23,25). The highest BCUT2D eigenvalue weighted by molar-refractivity contribution is 6.30. The minimum Gasteiger partial charge on any atom is -0.309 e. The maximum absolute atomic E-state index is 13.7. The van der Waals surface area contributed by atoms with Crippen LogP contribution in [0.4, 0.5) is 10.2 Å². The highest BCUT2D eigenvalue weighted by Gasteiger charge is 2.20. The van der Waals surface area contributed by atoms with E-state index in [1.54, 1.807) is 22.6 Å². The van der Waals surface area contributed by atoms with E-state index in [2.05, 4.69) is 10.3 Å². The van der Waals surface area contributed by atoms with Gasteiger partial charge in [-0.2, -0.15) is 0 Å². The number of imidazole rings is 1. The first-order valence-electron chi connectivity index (χ1n) is 7.96. The number of benzene rings is 1. The molecule has 0 bridgehead atoms. The van der Waals surface area contributed by atoms with Crippen molar-refractivity contribution in [1.29, 1.82) is 0 Å². The lowest BCUT2D eigenvalue weighted by molar-refractivity contribution is -0.117. The molecule has 3 aromatic rings. The van der Waals surface area contributed by atoms with E-state index in [1.807, 2.05) is 32.9 Å². The number of hydrogen-bond acceptors (Lipinski definition) is 2. The van der Waals surface area contributed by atoms with Gasteiger partial charge in [-0.25, -0.2) is 9.37 Å². The molecule has 2 aromatic heterocycles. The van der Waals surface area contributed by atoms with Gasteiger partial charge < -0.3 is 5.32 Å². The average Bonchev–Trinajstić information content (AvgIpc) is 2.83. The highest BCUT2D eigenvalue weighted by Crippen LogP contribution is 2.31. The Morgan fingerprint density at radius 1 is 1.20 bits per heavy atom.